The number of carbonyl (C=O) groups is 1. The lowest BCUT2D eigenvalue weighted by atomic mass is 9.81. The molecule has 36 heavy (non-hydrogen) atoms. The molecular formula is C30H39N3O3. The Hall–Kier alpha value is -2.83. The van der Waals surface area contributed by atoms with Crippen LogP contribution in [0.5, 0.6) is 5.75 Å². The smallest absolute Gasteiger partial charge is 0.335 e. The van der Waals surface area contributed by atoms with Crippen LogP contribution in [0.2, 0.25) is 0 Å². The molecule has 0 bridgehead atoms. The van der Waals surface area contributed by atoms with E-state index < -0.39 is 5.97 Å². The van der Waals surface area contributed by atoms with Crippen molar-refractivity contribution in [3.8, 4) is 17.0 Å². The summed E-state index contributed by atoms with van der Waals surface area (Å²) in [6.07, 6.45) is 6.16. The average molecular weight is 490 g/mol. The summed E-state index contributed by atoms with van der Waals surface area (Å²) in [5.41, 5.74) is 5.12. The number of para-hydroxylation sites is 1. The van der Waals surface area contributed by atoms with Crippen molar-refractivity contribution >= 4 is 16.9 Å². The molecule has 1 saturated carbocycles. The van der Waals surface area contributed by atoms with Gasteiger partial charge < -0.3 is 19.3 Å². The van der Waals surface area contributed by atoms with Gasteiger partial charge in [-0.1, -0.05) is 44.4 Å². The van der Waals surface area contributed by atoms with Crippen LogP contribution in [0.25, 0.3) is 22.2 Å². The van der Waals surface area contributed by atoms with Crippen molar-refractivity contribution in [3.63, 3.8) is 0 Å². The van der Waals surface area contributed by atoms with Crippen LogP contribution in [-0.4, -0.2) is 71.8 Å². The summed E-state index contributed by atoms with van der Waals surface area (Å²) in [7, 11) is 4.22. The van der Waals surface area contributed by atoms with Crippen molar-refractivity contribution < 1.29 is 14.6 Å². The van der Waals surface area contributed by atoms with E-state index in [1.807, 2.05) is 6.07 Å². The van der Waals surface area contributed by atoms with E-state index in [1.54, 1.807) is 6.07 Å². The van der Waals surface area contributed by atoms with E-state index in [-0.39, 0.29) is 6.04 Å². The zero-order chi connectivity index (χ0) is 25.2. The summed E-state index contributed by atoms with van der Waals surface area (Å²) in [5, 5.41) is 11.0. The van der Waals surface area contributed by atoms with Crippen molar-refractivity contribution in [3.05, 3.63) is 53.6 Å². The Labute approximate surface area is 214 Å². The molecule has 2 heterocycles. The molecule has 1 aromatic heterocycles. The number of aromatic nitrogens is 1. The number of ether oxygens (including phenoxy) is 1. The van der Waals surface area contributed by atoms with E-state index in [9.17, 15) is 9.90 Å². The van der Waals surface area contributed by atoms with Crippen LogP contribution in [0, 0.1) is 0 Å². The highest BCUT2D eigenvalue weighted by Crippen LogP contribution is 2.47. The summed E-state index contributed by atoms with van der Waals surface area (Å²) >= 11 is 0. The molecule has 3 aromatic rings. The SMILES string of the molecule is CCN(CCN(C)C)C1COc2ccccc2-c2c(C3CCCCC3)c3ccc(C(=O)O)cc3n2C1. The highest BCUT2D eigenvalue weighted by Gasteiger charge is 2.31. The van der Waals surface area contributed by atoms with Gasteiger partial charge in [-0.25, -0.2) is 4.79 Å². The summed E-state index contributed by atoms with van der Waals surface area (Å²) in [6.45, 7) is 6.48. The lowest BCUT2D eigenvalue weighted by molar-refractivity contribution is 0.0697. The molecular weight excluding hydrogens is 450 g/mol. The molecule has 0 radical (unpaired) electrons. The number of rotatable bonds is 7. The number of fused-ring (bicyclic) bond motifs is 5. The first kappa shape index (κ1) is 24.8. The predicted molar refractivity (Wildman–Crippen MR) is 145 cm³/mol. The fourth-order valence-corrected chi connectivity index (χ4v) is 6.18. The third-order valence-electron chi connectivity index (χ3n) is 8.09. The van der Waals surface area contributed by atoms with Gasteiger partial charge in [-0.05, 0) is 69.2 Å². The van der Waals surface area contributed by atoms with Crippen LogP contribution in [0.1, 0.15) is 60.9 Å². The van der Waals surface area contributed by atoms with Gasteiger partial charge in [0, 0.05) is 36.1 Å². The molecule has 192 valence electrons. The second-order valence-electron chi connectivity index (χ2n) is 10.6. The van der Waals surface area contributed by atoms with Crippen molar-refractivity contribution in [1.82, 2.24) is 14.4 Å². The third-order valence-corrected chi connectivity index (χ3v) is 8.09. The number of aromatic carboxylic acids is 1. The van der Waals surface area contributed by atoms with Crippen LogP contribution >= 0.6 is 0 Å². The molecule has 0 spiro atoms. The molecule has 6 nitrogen and oxygen atoms in total. The number of carboxylic acids is 1. The fourth-order valence-electron chi connectivity index (χ4n) is 6.18. The fraction of sp³-hybridized carbons (Fsp3) is 0.500. The first-order valence-electron chi connectivity index (χ1n) is 13.5. The highest BCUT2D eigenvalue weighted by atomic mass is 16.5. The number of hydrogen-bond acceptors (Lipinski definition) is 4. The summed E-state index contributed by atoms with van der Waals surface area (Å²) < 4.78 is 8.95. The third kappa shape index (κ3) is 4.76. The zero-order valence-electron chi connectivity index (χ0n) is 21.9. The minimum Gasteiger partial charge on any atom is -0.491 e. The lowest BCUT2D eigenvalue weighted by Crippen LogP contribution is -2.45. The van der Waals surface area contributed by atoms with Gasteiger partial charge in [0.15, 0.2) is 0 Å². The van der Waals surface area contributed by atoms with E-state index >= 15 is 0 Å². The van der Waals surface area contributed by atoms with Gasteiger partial charge in [0.1, 0.15) is 12.4 Å². The van der Waals surface area contributed by atoms with Crippen LogP contribution in [0.4, 0.5) is 0 Å². The zero-order valence-corrected chi connectivity index (χ0v) is 21.9. The number of likely N-dealkylation sites (N-methyl/N-ethyl adjacent to an activating group) is 2. The standard InChI is InChI=1S/C30H39N3O3/c1-4-32(17-16-31(2)3)23-19-33-26-18-22(30(34)35)14-15-24(26)28(21-10-6-5-7-11-21)29(33)25-12-8-9-13-27(25)36-20-23/h8-9,12-15,18,21,23H,4-7,10-11,16-17,19-20H2,1-3H3,(H,34,35). The van der Waals surface area contributed by atoms with E-state index in [0.717, 1.165) is 43.0 Å². The minimum absolute atomic E-state index is 0.186. The largest absolute Gasteiger partial charge is 0.491 e. The van der Waals surface area contributed by atoms with Crippen molar-refractivity contribution in [1.29, 1.82) is 0 Å². The summed E-state index contributed by atoms with van der Waals surface area (Å²) in [6, 6.07) is 14.3. The van der Waals surface area contributed by atoms with Crippen LogP contribution in [0.3, 0.4) is 0 Å². The Morgan fingerprint density at radius 3 is 2.58 bits per heavy atom. The molecule has 1 aliphatic heterocycles. The van der Waals surface area contributed by atoms with E-state index in [4.69, 9.17) is 4.74 Å². The predicted octanol–water partition coefficient (Wildman–Crippen LogP) is 5.70. The Morgan fingerprint density at radius 2 is 1.86 bits per heavy atom. The van der Waals surface area contributed by atoms with Crippen LogP contribution < -0.4 is 4.74 Å². The number of carboxylic acid groups (broad SMARTS) is 1. The molecule has 5 rings (SSSR count). The number of hydrogen-bond donors (Lipinski definition) is 1. The molecule has 1 atom stereocenters. The Bertz CT molecular complexity index is 1230. The lowest BCUT2D eigenvalue weighted by Gasteiger charge is -2.34. The molecule has 1 N–H and O–H groups in total. The second kappa shape index (κ2) is 10.7. The maximum atomic E-state index is 12.0. The quantitative estimate of drug-likeness (QED) is 0.461. The Kier molecular flexibility index (Phi) is 7.35. The van der Waals surface area contributed by atoms with Gasteiger partial charge in [0.05, 0.1) is 17.3 Å². The van der Waals surface area contributed by atoms with Gasteiger partial charge in [0.2, 0.25) is 0 Å². The van der Waals surface area contributed by atoms with Gasteiger partial charge in [-0.15, -0.1) is 0 Å². The van der Waals surface area contributed by atoms with E-state index in [0.29, 0.717) is 18.1 Å². The van der Waals surface area contributed by atoms with Gasteiger partial charge in [-0.2, -0.15) is 0 Å². The number of benzene rings is 2. The van der Waals surface area contributed by atoms with Gasteiger partial charge in [-0.3, -0.25) is 4.90 Å². The summed E-state index contributed by atoms with van der Waals surface area (Å²) in [4.78, 5) is 16.7. The highest BCUT2D eigenvalue weighted by molar-refractivity contribution is 5.98. The molecule has 1 aliphatic carbocycles. The minimum atomic E-state index is -0.876. The molecule has 0 saturated heterocycles. The van der Waals surface area contributed by atoms with Crippen molar-refractivity contribution in [2.75, 3.05) is 40.3 Å². The average Bonchev–Trinajstić information content (AvgIpc) is 3.19. The summed E-state index contributed by atoms with van der Waals surface area (Å²) in [5.74, 6) is 0.527. The topological polar surface area (TPSA) is 57.9 Å². The monoisotopic (exact) mass is 489 g/mol. The second-order valence-corrected chi connectivity index (χ2v) is 10.6. The Morgan fingerprint density at radius 1 is 1.08 bits per heavy atom. The van der Waals surface area contributed by atoms with Crippen LogP contribution in [0.15, 0.2) is 42.5 Å². The first-order chi connectivity index (χ1) is 17.5. The molecule has 1 unspecified atom stereocenters. The molecule has 0 amide bonds. The van der Waals surface area contributed by atoms with Crippen LogP contribution in [-0.2, 0) is 6.54 Å². The molecule has 1 fully saturated rings. The van der Waals surface area contributed by atoms with Gasteiger partial charge in [0.25, 0.3) is 0 Å². The van der Waals surface area contributed by atoms with Crippen molar-refractivity contribution in [2.24, 2.45) is 0 Å². The first-order valence-corrected chi connectivity index (χ1v) is 13.5. The van der Waals surface area contributed by atoms with Crippen molar-refractivity contribution in [2.45, 2.75) is 57.5 Å². The molecule has 2 aliphatic rings. The van der Waals surface area contributed by atoms with E-state index in [1.165, 1.54) is 48.7 Å². The van der Waals surface area contributed by atoms with Gasteiger partial charge >= 0.3 is 5.97 Å². The van der Waals surface area contributed by atoms with E-state index in [2.05, 4.69) is 65.7 Å². The Balaban J connectivity index is 1.73. The number of nitrogens with zero attached hydrogens (tertiary/aromatic N) is 3. The normalized spacial score (nSPS) is 18.5. The molecule has 2 aromatic carbocycles. The maximum absolute atomic E-state index is 12.0. The maximum Gasteiger partial charge on any atom is 0.335 e. The molecule has 6 heteroatoms.